The van der Waals surface area contributed by atoms with Gasteiger partial charge in [-0.1, -0.05) is 83.9 Å². The van der Waals surface area contributed by atoms with Gasteiger partial charge in [-0.3, -0.25) is 0 Å². The zero-order valence-electron chi connectivity index (χ0n) is 15.4. The Bertz CT molecular complexity index is 378. The average Bonchev–Trinajstić information content (AvgIpc) is 2.54. The molecular weight excluding hydrogens is 264 g/mol. The summed E-state index contributed by atoms with van der Waals surface area (Å²) >= 11 is 0. The molecule has 0 aliphatic carbocycles. The number of hydrogen-bond acceptors (Lipinski definition) is 0. The van der Waals surface area contributed by atoms with Crippen LogP contribution >= 0.6 is 0 Å². The van der Waals surface area contributed by atoms with Gasteiger partial charge in [0.2, 0.25) is 0 Å². The predicted molar refractivity (Wildman–Crippen MR) is 101 cm³/mol. The molecule has 0 N–H and O–H groups in total. The Kier molecular flexibility index (Phi) is 11.2. The SMILES string of the molecule is CCCCCCc1cccc(CCCCC)c1CCCCC. The first-order valence-electron chi connectivity index (χ1n) is 9.93. The highest BCUT2D eigenvalue weighted by Crippen LogP contribution is 2.22. The molecule has 0 heteroatoms. The lowest BCUT2D eigenvalue weighted by atomic mass is 9.90. The van der Waals surface area contributed by atoms with Crippen molar-refractivity contribution < 1.29 is 0 Å². The molecule has 0 spiro atoms. The molecule has 0 aliphatic rings. The van der Waals surface area contributed by atoms with Gasteiger partial charge >= 0.3 is 0 Å². The van der Waals surface area contributed by atoms with Gasteiger partial charge in [-0.15, -0.1) is 0 Å². The zero-order chi connectivity index (χ0) is 16.0. The van der Waals surface area contributed by atoms with Crippen molar-refractivity contribution in [2.75, 3.05) is 0 Å². The highest BCUT2D eigenvalue weighted by Gasteiger charge is 2.08. The Hall–Kier alpha value is -0.780. The normalized spacial score (nSPS) is 11.0. The van der Waals surface area contributed by atoms with Crippen LogP contribution in [0, 0.1) is 0 Å². The summed E-state index contributed by atoms with van der Waals surface area (Å²) in [6, 6.07) is 7.10. The molecule has 0 saturated heterocycles. The molecule has 1 rings (SSSR count). The van der Waals surface area contributed by atoms with Crippen LogP contribution in [0.3, 0.4) is 0 Å². The number of unbranched alkanes of at least 4 members (excludes halogenated alkanes) is 7. The van der Waals surface area contributed by atoms with E-state index in [-0.39, 0.29) is 0 Å². The third-order valence-electron chi connectivity index (χ3n) is 4.75. The number of benzene rings is 1. The van der Waals surface area contributed by atoms with Crippen molar-refractivity contribution in [1.82, 2.24) is 0 Å². The molecular formula is C22H38. The van der Waals surface area contributed by atoms with E-state index in [0.29, 0.717) is 0 Å². The maximum Gasteiger partial charge on any atom is -0.0273 e. The van der Waals surface area contributed by atoms with E-state index in [1.807, 2.05) is 0 Å². The fourth-order valence-electron chi connectivity index (χ4n) is 3.34. The van der Waals surface area contributed by atoms with Crippen molar-refractivity contribution in [2.24, 2.45) is 0 Å². The second kappa shape index (κ2) is 12.7. The second-order valence-corrected chi connectivity index (χ2v) is 6.78. The molecule has 0 radical (unpaired) electrons. The number of aryl methyl sites for hydroxylation is 2. The Balaban J connectivity index is 2.71. The van der Waals surface area contributed by atoms with E-state index >= 15 is 0 Å². The Labute approximate surface area is 139 Å². The lowest BCUT2D eigenvalue weighted by Gasteiger charge is -2.15. The van der Waals surface area contributed by atoms with E-state index in [0.717, 1.165) is 0 Å². The highest BCUT2D eigenvalue weighted by atomic mass is 14.1. The number of rotatable bonds is 13. The summed E-state index contributed by atoms with van der Waals surface area (Å²) < 4.78 is 0. The van der Waals surface area contributed by atoms with Gasteiger partial charge in [0.25, 0.3) is 0 Å². The Morgan fingerprint density at radius 1 is 0.545 bits per heavy atom. The third-order valence-corrected chi connectivity index (χ3v) is 4.75. The monoisotopic (exact) mass is 302 g/mol. The van der Waals surface area contributed by atoms with Crippen LogP contribution < -0.4 is 0 Å². The third kappa shape index (κ3) is 7.47. The fraction of sp³-hybridized carbons (Fsp3) is 0.727. The van der Waals surface area contributed by atoms with Crippen molar-refractivity contribution >= 4 is 0 Å². The summed E-state index contributed by atoms with van der Waals surface area (Å²) in [6.07, 6.45) is 17.5. The van der Waals surface area contributed by atoms with Crippen molar-refractivity contribution in [3.8, 4) is 0 Å². The Morgan fingerprint density at radius 2 is 1.00 bits per heavy atom. The molecule has 0 bridgehead atoms. The smallest absolute Gasteiger partial charge is 0.0273 e. The average molecular weight is 303 g/mol. The van der Waals surface area contributed by atoms with Crippen LogP contribution in [0.25, 0.3) is 0 Å². The van der Waals surface area contributed by atoms with E-state index in [1.54, 1.807) is 16.7 Å². The van der Waals surface area contributed by atoms with Crippen LogP contribution in [0.5, 0.6) is 0 Å². The number of hydrogen-bond donors (Lipinski definition) is 0. The van der Waals surface area contributed by atoms with Crippen molar-refractivity contribution in [3.63, 3.8) is 0 Å². The molecule has 1 aromatic rings. The fourth-order valence-corrected chi connectivity index (χ4v) is 3.34. The van der Waals surface area contributed by atoms with Crippen LogP contribution in [0.1, 0.15) is 102 Å². The van der Waals surface area contributed by atoms with Crippen LogP contribution in [0.4, 0.5) is 0 Å². The molecule has 0 amide bonds. The highest BCUT2D eigenvalue weighted by molar-refractivity contribution is 5.36. The molecule has 0 aromatic heterocycles. The van der Waals surface area contributed by atoms with Gasteiger partial charge in [0.05, 0.1) is 0 Å². The first-order chi connectivity index (χ1) is 10.8. The Morgan fingerprint density at radius 3 is 1.55 bits per heavy atom. The van der Waals surface area contributed by atoms with Gasteiger partial charge in [-0.2, -0.15) is 0 Å². The summed E-state index contributed by atoms with van der Waals surface area (Å²) in [5.74, 6) is 0. The summed E-state index contributed by atoms with van der Waals surface area (Å²) in [5.41, 5.74) is 5.02. The molecule has 0 heterocycles. The maximum absolute atomic E-state index is 2.40. The molecule has 0 atom stereocenters. The van der Waals surface area contributed by atoms with Gasteiger partial charge in [0.1, 0.15) is 0 Å². The van der Waals surface area contributed by atoms with Crippen LogP contribution in [-0.4, -0.2) is 0 Å². The van der Waals surface area contributed by atoms with E-state index < -0.39 is 0 Å². The lowest BCUT2D eigenvalue weighted by molar-refractivity contribution is 0.655. The van der Waals surface area contributed by atoms with Gasteiger partial charge in [-0.25, -0.2) is 0 Å². The first-order valence-corrected chi connectivity index (χ1v) is 9.93. The molecule has 0 saturated carbocycles. The summed E-state index contributed by atoms with van der Waals surface area (Å²) in [6.45, 7) is 6.90. The molecule has 0 unspecified atom stereocenters. The molecule has 0 aliphatic heterocycles. The van der Waals surface area contributed by atoms with Gasteiger partial charge in [0.15, 0.2) is 0 Å². The van der Waals surface area contributed by atoms with Crippen molar-refractivity contribution in [1.29, 1.82) is 0 Å². The quantitative estimate of drug-likeness (QED) is 0.336. The minimum absolute atomic E-state index is 1.29. The zero-order valence-corrected chi connectivity index (χ0v) is 15.4. The van der Waals surface area contributed by atoms with Crippen LogP contribution in [-0.2, 0) is 19.3 Å². The van der Waals surface area contributed by atoms with Crippen LogP contribution in [0.2, 0.25) is 0 Å². The van der Waals surface area contributed by atoms with E-state index in [2.05, 4.69) is 39.0 Å². The second-order valence-electron chi connectivity index (χ2n) is 6.78. The predicted octanol–water partition coefficient (Wildman–Crippen LogP) is 7.27. The summed E-state index contributed by atoms with van der Waals surface area (Å²) in [7, 11) is 0. The molecule has 1 aromatic carbocycles. The standard InChI is InChI=1S/C22H38/c1-4-7-10-13-16-21-18-14-17-20(15-11-8-5-2)22(21)19-12-9-6-3/h14,17-18H,4-13,15-16,19H2,1-3H3. The summed E-state index contributed by atoms with van der Waals surface area (Å²) in [4.78, 5) is 0. The van der Waals surface area contributed by atoms with Crippen molar-refractivity contribution in [3.05, 3.63) is 34.9 Å². The molecule has 22 heavy (non-hydrogen) atoms. The van der Waals surface area contributed by atoms with Gasteiger partial charge < -0.3 is 0 Å². The van der Waals surface area contributed by atoms with Gasteiger partial charge in [-0.05, 0) is 55.2 Å². The summed E-state index contributed by atoms with van der Waals surface area (Å²) in [5, 5.41) is 0. The van der Waals surface area contributed by atoms with E-state index in [9.17, 15) is 0 Å². The van der Waals surface area contributed by atoms with Gasteiger partial charge in [0, 0.05) is 0 Å². The van der Waals surface area contributed by atoms with Crippen molar-refractivity contribution in [2.45, 2.75) is 104 Å². The lowest BCUT2D eigenvalue weighted by Crippen LogP contribution is -2.02. The maximum atomic E-state index is 2.40. The van der Waals surface area contributed by atoms with Crippen LogP contribution in [0.15, 0.2) is 18.2 Å². The minimum Gasteiger partial charge on any atom is -0.0654 e. The molecule has 0 fully saturated rings. The molecule has 0 nitrogen and oxygen atoms in total. The topological polar surface area (TPSA) is 0 Å². The van der Waals surface area contributed by atoms with E-state index in [4.69, 9.17) is 0 Å². The minimum atomic E-state index is 1.29. The van der Waals surface area contributed by atoms with E-state index in [1.165, 1.54) is 83.5 Å². The molecule has 126 valence electrons. The largest absolute Gasteiger partial charge is 0.0654 e. The first kappa shape index (κ1) is 19.3.